The van der Waals surface area contributed by atoms with Gasteiger partial charge in [-0.15, -0.1) is 11.3 Å². The number of benzene rings is 1. The Kier molecular flexibility index (Phi) is 6.06. The molecule has 1 atom stereocenters. The van der Waals surface area contributed by atoms with Crippen LogP contribution in [0.3, 0.4) is 0 Å². The van der Waals surface area contributed by atoms with Crippen molar-refractivity contribution in [2.45, 2.75) is 57.4 Å². The number of rotatable bonds is 4. The van der Waals surface area contributed by atoms with Gasteiger partial charge in [0.15, 0.2) is 0 Å². The van der Waals surface area contributed by atoms with E-state index in [4.69, 9.17) is 0 Å². The van der Waals surface area contributed by atoms with E-state index >= 15 is 0 Å². The lowest BCUT2D eigenvalue weighted by Crippen LogP contribution is -2.43. The summed E-state index contributed by atoms with van der Waals surface area (Å²) >= 11 is 1.90. The van der Waals surface area contributed by atoms with Crippen LogP contribution in [0.25, 0.3) is 10.1 Å². The Labute approximate surface area is 156 Å². The SMILES string of the molecule is c1ccc2c(CCN3CCCCC(N4CCCCCC4)C3)csc2c1. The zero-order valence-electron chi connectivity index (χ0n) is 15.5. The van der Waals surface area contributed by atoms with E-state index in [-0.39, 0.29) is 0 Å². The fourth-order valence-corrected chi connectivity index (χ4v) is 5.66. The third kappa shape index (κ3) is 4.45. The van der Waals surface area contributed by atoms with Gasteiger partial charge in [0, 0.05) is 23.8 Å². The molecule has 0 amide bonds. The molecule has 1 aromatic carbocycles. The third-order valence-electron chi connectivity index (χ3n) is 6.15. The molecule has 3 heteroatoms. The van der Waals surface area contributed by atoms with E-state index in [1.54, 1.807) is 5.56 Å². The molecule has 1 unspecified atom stereocenters. The fraction of sp³-hybridized carbons (Fsp3) is 0.636. The second-order valence-corrected chi connectivity index (χ2v) is 8.82. The average molecular weight is 357 g/mol. The van der Waals surface area contributed by atoms with Crippen LogP contribution in [-0.2, 0) is 6.42 Å². The molecule has 2 saturated heterocycles. The zero-order valence-corrected chi connectivity index (χ0v) is 16.3. The van der Waals surface area contributed by atoms with E-state index in [1.807, 2.05) is 11.3 Å². The van der Waals surface area contributed by atoms with Crippen LogP contribution in [0.15, 0.2) is 29.6 Å². The molecule has 0 saturated carbocycles. The molecule has 2 aromatic rings. The smallest absolute Gasteiger partial charge is 0.0345 e. The molecule has 2 aliphatic rings. The summed E-state index contributed by atoms with van der Waals surface area (Å²) in [6.45, 7) is 6.50. The van der Waals surface area contributed by atoms with Gasteiger partial charge in [0.2, 0.25) is 0 Å². The summed E-state index contributed by atoms with van der Waals surface area (Å²) in [5.41, 5.74) is 1.55. The highest BCUT2D eigenvalue weighted by Crippen LogP contribution is 2.26. The zero-order chi connectivity index (χ0) is 16.9. The molecule has 2 aliphatic heterocycles. The summed E-state index contributed by atoms with van der Waals surface area (Å²) < 4.78 is 1.44. The van der Waals surface area contributed by atoms with Crippen LogP contribution in [0.4, 0.5) is 0 Å². The Balaban J connectivity index is 1.37. The van der Waals surface area contributed by atoms with E-state index in [2.05, 4.69) is 39.4 Å². The summed E-state index contributed by atoms with van der Waals surface area (Å²) in [5, 5.41) is 3.86. The number of nitrogens with zero attached hydrogens (tertiary/aromatic N) is 2. The molecule has 136 valence electrons. The van der Waals surface area contributed by atoms with Gasteiger partial charge in [-0.3, -0.25) is 4.90 Å². The Morgan fingerprint density at radius 3 is 2.60 bits per heavy atom. The van der Waals surface area contributed by atoms with Gasteiger partial charge in [0.1, 0.15) is 0 Å². The maximum Gasteiger partial charge on any atom is 0.0345 e. The molecule has 3 heterocycles. The van der Waals surface area contributed by atoms with Crippen molar-refractivity contribution in [2.24, 2.45) is 0 Å². The predicted octanol–water partition coefficient (Wildman–Crippen LogP) is 5.17. The second-order valence-electron chi connectivity index (χ2n) is 7.91. The van der Waals surface area contributed by atoms with E-state index in [0.717, 1.165) is 6.04 Å². The molecule has 0 spiro atoms. The van der Waals surface area contributed by atoms with Crippen molar-refractivity contribution in [2.75, 3.05) is 32.7 Å². The average Bonchev–Trinajstić information content (AvgIpc) is 2.84. The number of hydrogen-bond donors (Lipinski definition) is 0. The van der Waals surface area contributed by atoms with Crippen molar-refractivity contribution in [3.05, 3.63) is 35.2 Å². The van der Waals surface area contributed by atoms with Gasteiger partial charge in [-0.05, 0) is 74.1 Å². The van der Waals surface area contributed by atoms with Gasteiger partial charge >= 0.3 is 0 Å². The Hall–Kier alpha value is -0.900. The van der Waals surface area contributed by atoms with Crippen LogP contribution >= 0.6 is 11.3 Å². The lowest BCUT2D eigenvalue weighted by Gasteiger charge is -2.33. The number of thiophene rings is 1. The van der Waals surface area contributed by atoms with Crippen molar-refractivity contribution in [3.8, 4) is 0 Å². The number of fused-ring (bicyclic) bond motifs is 1. The van der Waals surface area contributed by atoms with E-state index in [1.165, 1.54) is 94.2 Å². The first-order valence-electron chi connectivity index (χ1n) is 10.3. The standard InChI is InChI=1S/C22H32N2S/c1-2-7-15-24(14-6-1)20-9-5-8-13-23(17-20)16-12-19-18-25-22-11-4-3-10-21(19)22/h3-4,10-11,18,20H,1-2,5-9,12-17H2. The summed E-state index contributed by atoms with van der Waals surface area (Å²) in [7, 11) is 0. The minimum absolute atomic E-state index is 0.805. The quantitative estimate of drug-likeness (QED) is 0.745. The minimum atomic E-state index is 0.805. The first-order chi connectivity index (χ1) is 12.4. The summed E-state index contributed by atoms with van der Waals surface area (Å²) in [6.07, 6.45) is 11.1. The molecule has 0 radical (unpaired) electrons. The van der Waals surface area contributed by atoms with Gasteiger partial charge in [-0.1, -0.05) is 37.5 Å². The van der Waals surface area contributed by atoms with E-state index in [0.29, 0.717) is 0 Å². The normalized spacial score (nSPS) is 24.2. The highest BCUT2D eigenvalue weighted by molar-refractivity contribution is 7.17. The van der Waals surface area contributed by atoms with Crippen molar-refractivity contribution < 1.29 is 0 Å². The lowest BCUT2D eigenvalue weighted by molar-refractivity contribution is 0.150. The molecular formula is C22H32N2S. The summed E-state index contributed by atoms with van der Waals surface area (Å²) in [5.74, 6) is 0. The second kappa shape index (κ2) is 8.66. The van der Waals surface area contributed by atoms with Gasteiger partial charge in [-0.25, -0.2) is 0 Å². The van der Waals surface area contributed by atoms with Gasteiger partial charge in [0.05, 0.1) is 0 Å². The van der Waals surface area contributed by atoms with E-state index in [9.17, 15) is 0 Å². The fourth-order valence-electron chi connectivity index (χ4n) is 4.66. The molecule has 0 aliphatic carbocycles. The van der Waals surface area contributed by atoms with Crippen molar-refractivity contribution >= 4 is 21.4 Å². The highest BCUT2D eigenvalue weighted by Gasteiger charge is 2.24. The summed E-state index contributed by atoms with van der Waals surface area (Å²) in [6, 6.07) is 9.69. The highest BCUT2D eigenvalue weighted by atomic mass is 32.1. The van der Waals surface area contributed by atoms with Crippen LogP contribution in [0.1, 0.15) is 50.5 Å². The minimum Gasteiger partial charge on any atom is -0.301 e. The molecule has 4 rings (SSSR count). The van der Waals surface area contributed by atoms with Crippen LogP contribution < -0.4 is 0 Å². The van der Waals surface area contributed by atoms with Crippen molar-refractivity contribution in [1.29, 1.82) is 0 Å². The molecule has 1 aromatic heterocycles. The maximum atomic E-state index is 2.82. The molecule has 0 N–H and O–H groups in total. The first kappa shape index (κ1) is 17.5. The summed E-state index contributed by atoms with van der Waals surface area (Å²) in [4.78, 5) is 5.58. The van der Waals surface area contributed by atoms with Crippen LogP contribution in [0.2, 0.25) is 0 Å². The maximum absolute atomic E-state index is 2.82. The van der Waals surface area contributed by atoms with Gasteiger partial charge < -0.3 is 4.90 Å². The number of hydrogen-bond acceptors (Lipinski definition) is 3. The lowest BCUT2D eigenvalue weighted by atomic mass is 10.1. The number of likely N-dealkylation sites (tertiary alicyclic amines) is 2. The first-order valence-corrected chi connectivity index (χ1v) is 11.2. The topological polar surface area (TPSA) is 6.48 Å². The Morgan fingerprint density at radius 1 is 0.920 bits per heavy atom. The molecule has 0 bridgehead atoms. The molecule has 25 heavy (non-hydrogen) atoms. The molecule has 2 fully saturated rings. The molecular weight excluding hydrogens is 324 g/mol. The van der Waals surface area contributed by atoms with Gasteiger partial charge in [-0.2, -0.15) is 0 Å². The van der Waals surface area contributed by atoms with Gasteiger partial charge in [0.25, 0.3) is 0 Å². The van der Waals surface area contributed by atoms with Crippen molar-refractivity contribution in [1.82, 2.24) is 9.80 Å². The Bertz CT molecular complexity index is 657. The van der Waals surface area contributed by atoms with E-state index < -0.39 is 0 Å². The van der Waals surface area contributed by atoms with Crippen LogP contribution in [0, 0.1) is 0 Å². The Morgan fingerprint density at radius 2 is 1.72 bits per heavy atom. The molecule has 2 nitrogen and oxygen atoms in total. The third-order valence-corrected chi connectivity index (χ3v) is 7.16. The predicted molar refractivity (Wildman–Crippen MR) is 110 cm³/mol. The van der Waals surface area contributed by atoms with Crippen LogP contribution in [-0.4, -0.2) is 48.6 Å². The largest absolute Gasteiger partial charge is 0.301 e. The monoisotopic (exact) mass is 356 g/mol. The van der Waals surface area contributed by atoms with Crippen LogP contribution in [0.5, 0.6) is 0 Å². The van der Waals surface area contributed by atoms with Crippen molar-refractivity contribution in [3.63, 3.8) is 0 Å².